The van der Waals surface area contributed by atoms with Crippen LogP contribution in [0.25, 0.3) is 0 Å². The number of halogens is 1. The number of nitrogens with two attached hydrogens (primary N) is 1. The monoisotopic (exact) mass is 400 g/mol. The van der Waals surface area contributed by atoms with Gasteiger partial charge in [0.2, 0.25) is 0 Å². The Morgan fingerprint density at radius 3 is 2.80 bits per heavy atom. The highest BCUT2D eigenvalue weighted by atomic mass is 127. The van der Waals surface area contributed by atoms with Crippen molar-refractivity contribution in [2.24, 2.45) is 10.7 Å². The number of nitrogens with one attached hydrogen (secondary N) is 1. The number of morpholine rings is 1. The minimum atomic E-state index is 0. The Bertz CT molecular complexity index is 249. The molecule has 3 N–H and O–H groups in total. The van der Waals surface area contributed by atoms with Crippen LogP contribution in [-0.2, 0) is 9.47 Å². The third kappa shape index (κ3) is 10.6. The molecule has 1 heterocycles. The molecular weight excluding hydrogens is 371 g/mol. The minimum Gasteiger partial charge on any atom is -0.382 e. The zero-order chi connectivity index (χ0) is 13.8. The maximum Gasteiger partial charge on any atom is 0.188 e. The summed E-state index contributed by atoms with van der Waals surface area (Å²) in [6, 6.07) is 0. The molecule has 0 spiro atoms. The van der Waals surface area contributed by atoms with Crippen LogP contribution >= 0.6 is 24.0 Å². The highest BCUT2D eigenvalue weighted by Crippen LogP contribution is 1.97. The van der Waals surface area contributed by atoms with E-state index in [0.29, 0.717) is 5.96 Å². The van der Waals surface area contributed by atoms with E-state index >= 15 is 0 Å². The molecule has 1 aliphatic heterocycles. The van der Waals surface area contributed by atoms with Gasteiger partial charge in [-0.25, -0.2) is 0 Å². The molecule has 6 nitrogen and oxygen atoms in total. The van der Waals surface area contributed by atoms with Crippen LogP contribution in [0.4, 0.5) is 0 Å². The lowest BCUT2D eigenvalue weighted by Gasteiger charge is -2.26. The summed E-state index contributed by atoms with van der Waals surface area (Å²) in [5.74, 6) is 0.540. The van der Waals surface area contributed by atoms with Crippen molar-refractivity contribution in [3.8, 4) is 0 Å². The van der Waals surface area contributed by atoms with Crippen molar-refractivity contribution in [2.45, 2.75) is 19.8 Å². The number of nitrogens with zero attached hydrogens (tertiary/aromatic N) is 2. The molecule has 0 amide bonds. The summed E-state index contributed by atoms with van der Waals surface area (Å²) in [4.78, 5) is 6.67. The van der Waals surface area contributed by atoms with Crippen molar-refractivity contribution in [3.05, 3.63) is 0 Å². The van der Waals surface area contributed by atoms with Gasteiger partial charge in [-0.3, -0.25) is 9.89 Å². The molecular formula is C13H29IN4O2. The fourth-order valence-electron chi connectivity index (χ4n) is 1.91. The molecule has 1 saturated heterocycles. The van der Waals surface area contributed by atoms with Gasteiger partial charge < -0.3 is 20.5 Å². The number of rotatable bonds is 9. The van der Waals surface area contributed by atoms with E-state index in [0.717, 1.165) is 72.0 Å². The third-order valence-electron chi connectivity index (χ3n) is 2.99. The fraction of sp³-hybridized carbons (Fsp3) is 0.923. The van der Waals surface area contributed by atoms with Gasteiger partial charge in [-0.2, -0.15) is 0 Å². The van der Waals surface area contributed by atoms with Crippen LogP contribution in [0.5, 0.6) is 0 Å². The number of hydrogen-bond acceptors (Lipinski definition) is 4. The van der Waals surface area contributed by atoms with Gasteiger partial charge in [-0.1, -0.05) is 0 Å². The molecule has 120 valence electrons. The van der Waals surface area contributed by atoms with Crippen LogP contribution in [0.3, 0.4) is 0 Å². The first-order valence-electron chi connectivity index (χ1n) is 7.24. The zero-order valence-electron chi connectivity index (χ0n) is 12.5. The van der Waals surface area contributed by atoms with Crippen LogP contribution in [0.2, 0.25) is 0 Å². The number of hydrogen-bond donors (Lipinski definition) is 2. The average molecular weight is 400 g/mol. The lowest BCUT2D eigenvalue weighted by Crippen LogP contribution is -2.39. The van der Waals surface area contributed by atoms with Gasteiger partial charge in [0.05, 0.1) is 13.2 Å². The maximum absolute atomic E-state index is 5.77. The summed E-state index contributed by atoms with van der Waals surface area (Å²) in [5.41, 5.74) is 5.77. The number of aliphatic imine (C=N–C) groups is 1. The first kappa shape index (κ1) is 19.9. The third-order valence-corrected chi connectivity index (χ3v) is 2.99. The summed E-state index contributed by atoms with van der Waals surface area (Å²) in [7, 11) is 0. The first-order chi connectivity index (χ1) is 9.33. The Hall–Kier alpha value is -0.120. The van der Waals surface area contributed by atoms with E-state index in [1.54, 1.807) is 0 Å². The highest BCUT2D eigenvalue weighted by Gasteiger charge is 2.08. The van der Waals surface area contributed by atoms with Crippen molar-refractivity contribution in [1.82, 2.24) is 10.2 Å². The van der Waals surface area contributed by atoms with E-state index < -0.39 is 0 Å². The van der Waals surface area contributed by atoms with E-state index in [1.807, 2.05) is 6.92 Å². The molecule has 7 heteroatoms. The topological polar surface area (TPSA) is 72.1 Å². The molecule has 0 aromatic carbocycles. The Morgan fingerprint density at radius 1 is 1.35 bits per heavy atom. The molecule has 0 atom stereocenters. The lowest BCUT2D eigenvalue weighted by molar-refractivity contribution is 0.0376. The maximum atomic E-state index is 5.77. The zero-order valence-corrected chi connectivity index (χ0v) is 14.8. The molecule has 0 aliphatic carbocycles. The van der Waals surface area contributed by atoms with E-state index in [2.05, 4.69) is 15.2 Å². The van der Waals surface area contributed by atoms with Gasteiger partial charge in [-0.15, -0.1) is 24.0 Å². The molecule has 1 fully saturated rings. The largest absolute Gasteiger partial charge is 0.382 e. The van der Waals surface area contributed by atoms with Crippen molar-refractivity contribution in [2.75, 3.05) is 59.2 Å². The molecule has 0 radical (unpaired) electrons. The second-order valence-corrected chi connectivity index (χ2v) is 4.55. The Labute approximate surface area is 139 Å². The second kappa shape index (κ2) is 13.8. The minimum absolute atomic E-state index is 0. The van der Waals surface area contributed by atoms with Gasteiger partial charge in [0.15, 0.2) is 5.96 Å². The van der Waals surface area contributed by atoms with Gasteiger partial charge >= 0.3 is 0 Å². The Balaban J connectivity index is 0.00000361. The van der Waals surface area contributed by atoms with Crippen molar-refractivity contribution >= 4 is 29.9 Å². The van der Waals surface area contributed by atoms with Gasteiger partial charge in [0.1, 0.15) is 0 Å². The molecule has 0 saturated carbocycles. The Kier molecular flexibility index (Phi) is 13.8. The quantitative estimate of drug-likeness (QED) is 0.258. The highest BCUT2D eigenvalue weighted by molar-refractivity contribution is 14.0. The average Bonchev–Trinajstić information content (AvgIpc) is 2.44. The van der Waals surface area contributed by atoms with Crippen molar-refractivity contribution in [3.63, 3.8) is 0 Å². The van der Waals surface area contributed by atoms with Gasteiger partial charge in [0, 0.05) is 39.4 Å². The molecule has 1 rings (SSSR count). The summed E-state index contributed by atoms with van der Waals surface area (Å²) in [5, 5.41) is 3.14. The van der Waals surface area contributed by atoms with E-state index in [-0.39, 0.29) is 24.0 Å². The summed E-state index contributed by atoms with van der Waals surface area (Å²) >= 11 is 0. The van der Waals surface area contributed by atoms with E-state index in [1.165, 1.54) is 0 Å². The molecule has 1 aliphatic rings. The predicted molar refractivity (Wildman–Crippen MR) is 92.9 cm³/mol. The first-order valence-corrected chi connectivity index (χ1v) is 7.24. The van der Waals surface area contributed by atoms with Crippen LogP contribution < -0.4 is 11.1 Å². The molecule has 20 heavy (non-hydrogen) atoms. The summed E-state index contributed by atoms with van der Waals surface area (Å²) < 4.78 is 10.5. The van der Waals surface area contributed by atoms with Gasteiger partial charge in [-0.05, 0) is 26.3 Å². The van der Waals surface area contributed by atoms with Crippen molar-refractivity contribution < 1.29 is 9.47 Å². The normalized spacial score (nSPS) is 16.8. The fourth-order valence-corrected chi connectivity index (χ4v) is 1.91. The smallest absolute Gasteiger partial charge is 0.188 e. The molecule has 0 aromatic heterocycles. The number of ether oxygens (including phenoxy) is 2. The summed E-state index contributed by atoms with van der Waals surface area (Å²) in [6.45, 7) is 10.0. The summed E-state index contributed by atoms with van der Waals surface area (Å²) in [6.07, 6.45) is 2.00. The van der Waals surface area contributed by atoms with Crippen LogP contribution in [0, 0.1) is 0 Å². The predicted octanol–water partition coefficient (Wildman–Crippen LogP) is 0.658. The number of guanidine groups is 1. The standard InChI is InChI=1S/C13H28N4O2.HI/c1-2-18-10-4-6-16-13(14)15-5-3-7-17-8-11-19-12-9-17;/h2-12H2,1H3,(H3,14,15,16);1H. The lowest BCUT2D eigenvalue weighted by atomic mass is 10.3. The molecule has 0 aromatic rings. The van der Waals surface area contributed by atoms with Crippen LogP contribution in [0.1, 0.15) is 19.8 Å². The Morgan fingerprint density at radius 2 is 2.10 bits per heavy atom. The van der Waals surface area contributed by atoms with Crippen molar-refractivity contribution in [1.29, 1.82) is 0 Å². The van der Waals surface area contributed by atoms with E-state index in [4.69, 9.17) is 15.2 Å². The molecule has 0 unspecified atom stereocenters. The van der Waals surface area contributed by atoms with Crippen LogP contribution in [-0.4, -0.2) is 70.0 Å². The van der Waals surface area contributed by atoms with Gasteiger partial charge in [0.25, 0.3) is 0 Å². The van der Waals surface area contributed by atoms with E-state index in [9.17, 15) is 0 Å². The SMILES string of the molecule is CCOCCCN=C(N)NCCCN1CCOCC1.I. The van der Waals surface area contributed by atoms with Crippen LogP contribution in [0.15, 0.2) is 4.99 Å². The second-order valence-electron chi connectivity index (χ2n) is 4.55. The molecule has 0 bridgehead atoms.